The maximum Gasteiger partial charge on any atom is 0.220 e. The van der Waals surface area contributed by atoms with Crippen LogP contribution in [0.15, 0.2) is 65.6 Å². The van der Waals surface area contributed by atoms with Crippen molar-refractivity contribution < 1.29 is 9.90 Å². The normalized spacial score (nSPS) is 16.4. The molecule has 0 saturated heterocycles. The van der Waals surface area contributed by atoms with Gasteiger partial charge >= 0.3 is 0 Å². The predicted molar refractivity (Wildman–Crippen MR) is 97.9 cm³/mol. The molecule has 0 aliphatic heterocycles. The summed E-state index contributed by atoms with van der Waals surface area (Å²) in [6, 6.07) is 19.8. The number of benzene rings is 2. The molecular weight excluding hydrogens is 318 g/mol. The summed E-state index contributed by atoms with van der Waals surface area (Å²) in [5.74, 6) is 0.982. The van der Waals surface area contributed by atoms with Crippen LogP contribution in [-0.4, -0.2) is 23.3 Å². The summed E-state index contributed by atoms with van der Waals surface area (Å²) in [6.45, 7) is 0.288. The third-order valence-electron chi connectivity index (χ3n) is 4.42. The Hall–Kier alpha value is -1.78. The van der Waals surface area contributed by atoms with Gasteiger partial charge in [0.05, 0.1) is 6.54 Å². The molecule has 0 radical (unpaired) electrons. The minimum atomic E-state index is -0.941. The maximum absolute atomic E-state index is 12.1. The fraction of sp³-hybridized carbons (Fsp3) is 0.350. The second-order valence-corrected chi connectivity index (χ2v) is 7.42. The zero-order chi connectivity index (χ0) is 16.8. The van der Waals surface area contributed by atoms with Gasteiger partial charge in [0.15, 0.2) is 0 Å². The third-order valence-corrected chi connectivity index (χ3v) is 5.44. The van der Waals surface area contributed by atoms with Crippen LogP contribution in [0, 0.1) is 5.92 Å². The number of carbonyl (C=O) groups is 1. The van der Waals surface area contributed by atoms with Crippen molar-refractivity contribution in [3.8, 4) is 0 Å². The summed E-state index contributed by atoms with van der Waals surface area (Å²) in [7, 11) is 0. The number of hydrogen-bond acceptors (Lipinski definition) is 3. The van der Waals surface area contributed by atoms with Crippen LogP contribution >= 0.6 is 11.8 Å². The van der Waals surface area contributed by atoms with E-state index in [2.05, 4.69) is 5.32 Å². The fourth-order valence-electron chi connectivity index (χ4n) is 2.87. The van der Waals surface area contributed by atoms with E-state index in [-0.39, 0.29) is 18.4 Å². The van der Waals surface area contributed by atoms with Crippen LogP contribution in [-0.2, 0) is 10.4 Å². The van der Waals surface area contributed by atoms with Gasteiger partial charge in [0, 0.05) is 17.1 Å². The van der Waals surface area contributed by atoms with Gasteiger partial charge in [0.2, 0.25) is 5.91 Å². The van der Waals surface area contributed by atoms with Crippen molar-refractivity contribution in [2.24, 2.45) is 5.92 Å². The van der Waals surface area contributed by atoms with Crippen molar-refractivity contribution in [3.63, 3.8) is 0 Å². The molecule has 1 aliphatic carbocycles. The number of rotatable bonds is 8. The number of carbonyl (C=O) groups excluding carboxylic acids is 1. The zero-order valence-electron chi connectivity index (χ0n) is 13.7. The minimum absolute atomic E-state index is 0.00608. The van der Waals surface area contributed by atoms with E-state index in [1.807, 2.05) is 60.7 Å². The second-order valence-electron chi connectivity index (χ2n) is 6.25. The van der Waals surface area contributed by atoms with Crippen molar-refractivity contribution in [1.82, 2.24) is 5.32 Å². The predicted octanol–water partition coefficient (Wildman–Crippen LogP) is 3.58. The highest BCUT2D eigenvalue weighted by Gasteiger charge is 2.45. The van der Waals surface area contributed by atoms with Crippen molar-refractivity contribution in [2.45, 2.75) is 29.8 Å². The fourth-order valence-corrected chi connectivity index (χ4v) is 3.74. The van der Waals surface area contributed by atoms with Gasteiger partial charge in [-0.3, -0.25) is 4.79 Å². The molecule has 3 nitrogen and oxygen atoms in total. The first kappa shape index (κ1) is 17.1. The van der Waals surface area contributed by atoms with Gasteiger partial charge in [-0.25, -0.2) is 0 Å². The lowest BCUT2D eigenvalue weighted by Gasteiger charge is -2.29. The molecule has 0 spiro atoms. The molecule has 1 fully saturated rings. The van der Waals surface area contributed by atoms with Crippen LogP contribution in [0.1, 0.15) is 24.8 Å². The molecule has 24 heavy (non-hydrogen) atoms. The first-order chi connectivity index (χ1) is 11.7. The van der Waals surface area contributed by atoms with Crippen molar-refractivity contribution in [1.29, 1.82) is 0 Å². The second kappa shape index (κ2) is 7.86. The highest BCUT2D eigenvalue weighted by Crippen LogP contribution is 2.45. The Balaban J connectivity index is 1.49. The van der Waals surface area contributed by atoms with E-state index in [9.17, 15) is 9.90 Å². The molecule has 1 amide bonds. The van der Waals surface area contributed by atoms with E-state index in [1.165, 1.54) is 4.90 Å². The highest BCUT2D eigenvalue weighted by molar-refractivity contribution is 7.99. The Morgan fingerprint density at radius 2 is 1.71 bits per heavy atom. The SMILES string of the molecule is O=C(CCSc1ccccc1)NCC(O)(c1ccccc1)C1CC1. The molecule has 126 valence electrons. The molecule has 0 heterocycles. The third kappa shape index (κ3) is 4.40. The van der Waals surface area contributed by atoms with Gasteiger partial charge in [-0.2, -0.15) is 0 Å². The lowest BCUT2D eigenvalue weighted by Crippen LogP contribution is -2.42. The molecule has 0 bridgehead atoms. The topological polar surface area (TPSA) is 49.3 Å². The van der Waals surface area contributed by atoms with Gasteiger partial charge in [-0.05, 0) is 36.5 Å². The molecule has 1 aliphatic rings. The number of nitrogens with one attached hydrogen (secondary N) is 1. The van der Waals surface area contributed by atoms with Crippen LogP contribution in [0.3, 0.4) is 0 Å². The summed E-state index contributed by atoms with van der Waals surface area (Å²) < 4.78 is 0. The number of thioether (sulfide) groups is 1. The lowest BCUT2D eigenvalue weighted by atomic mass is 9.88. The Bertz CT molecular complexity index is 658. The molecule has 3 rings (SSSR count). The van der Waals surface area contributed by atoms with Crippen LogP contribution < -0.4 is 5.32 Å². The van der Waals surface area contributed by atoms with Crippen molar-refractivity contribution in [2.75, 3.05) is 12.3 Å². The summed E-state index contributed by atoms with van der Waals surface area (Å²) >= 11 is 1.67. The van der Waals surface area contributed by atoms with E-state index in [0.717, 1.165) is 24.2 Å². The van der Waals surface area contributed by atoms with Crippen LogP contribution in [0.25, 0.3) is 0 Å². The summed E-state index contributed by atoms with van der Waals surface area (Å²) in [6.07, 6.45) is 2.49. The standard InChI is InChI=1S/C20H23NO2S/c22-19(13-14-24-18-9-5-2-6-10-18)21-15-20(23,17-11-12-17)16-7-3-1-4-8-16/h1-10,17,23H,11-15H2,(H,21,22). The number of hydrogen-bond donors (Lipinski definition) is 2. The van der Waals surface area contributed by atoms with Gasteiger partial charge in [0.25, 0.3) is 0 Å². The Kier molecular flexibility index (Phi) is 5.59. The lowest BCUT2D eigenvalue weighted by molar-refractivity contribution is -0.122. The molecule has 2 aromatic carbocycles. The molecule has 2 N–H and O–H groups in total. The van der Waals surface area contributed by atoms with Gasteiger partial charge < -0.3 is 10.4 Å². The van der Waals surface area contributed by atoms with Crippen LogP contribution in [0.4, 0.5) is 0 Å². The number of aliphatic hydroxyl groups is 1. The minimum Gasteiger partial charge on any atom is -0.383 e. The molecule has 0 aromatic heterocycles. The first-order valence-electron chi connectivity index (χ1n) is 8.41. The van der Waals surface area contributed by atoms with Gasteiger partial charge in [-0.1, -0.05) is 48.5 Å². The first-order valence-corrected chi connectivity index (χ1v) is 9.39. The maximum atomic E-state index is 12.1. The van der Waals surface area contributed by atoms with E-state index in [1.54, 1.807) is 11.8 Å². The monoisotopic (exact) mass is 341 g/mol. The Labute approximate surface area is 147 Å². The molecule has 1 unspecified atom stereocenters. The smallest absolute Gasteiger partial charge is 0.220 e. The van der Waals surface area contributed by atoms with Gasteiger partial charge in [-0.15, -0.1) is 11.8 Å². The van der Waals surface area contributed by atoms with Crippen molar-refractivity contribution in [3.05, 3.63) is 66.2 Å². The quantitative estimate of drug-likeness (QED) is 0.722. The molecule has 1 saturated carbocycles. The summed E-state index contributed by atoms with van der Waals surface area (Å²) in [5, 5.41) is 14.0. The van der Waals surface area contributed by atoms with E-state index < -0.39 is 5.60 Å². The summed E-state index contributed by atoms with van der Waals surface area (Å²) in [5.41, 5.74) is -0.0461. The molecular formula is C20H23NO2S. The Morgan fingerprint density at radius 1 is 1.08 bits per heavy atom. The zero-order valence-corrected chi connectivity index (χ0v) is 14.5. The highest BCUT2D eigenvalue weighted by atomic mass is 32.2. The van der Waals surface area contributed by atoms with Gasteiger partial charge in [0.1, 0.15) is 5.60 Å². The molecule has 1 atom stereocenters. The van der Waals surface area contributed by atoms with E-state index in [0.29, 0.717) is 6.42 Å². The van der Waals surface area contributed by atoms with Crippen LogP contribution in [0.5, 0.6) is 0 Å². The summed E-state index contributed by atoms with van der Waals surface area (Å²) in [4.78, 5) is 13.3. The van der Waals surface area contributed by atoms with E-state index >= 15 is 0 Å². The number of amides is 1. The molecule has 4 heteroatoms. The van der Waals surface area contributed by atoms with Crippen molar-refractivity contribution >= 4 is 17.7 Å². The Morgan fingerprint density at radius 3 is 2.33 bits per heavy atom. The average Bonchev–Trinajstić information content (AvgIpc) is 3.47. The largest absolute Gasteiger partial charge is 0.383 e. The molecule has 2 aromatic rings. The average molecular weight is 341 g/mol. The van der Waals surface area contributed by atoms with E-state index in [4.69, 9.17) is 0 Å². The van der Waals surface area contributed by atoms with Crippen LogP contribution in [0.2, 0.25) is 0 Å².